The predicted octanol–water partition coefficient (Wildman–Crippen LogP) is 2.13. The SMILES string of the molecule is COc1ccnc(C(=O)N[C@H]2COC(=O)[C@H](Cc3ccccc3)[C@@H](OC(=O)NC(C)(C)C)[C@H](C)OC2=O)c1O. The first-order valence-corrected chi connectivity index (χ1v) is 12.3. The van der Waals surface area contributed by atoms with E-state index in [2.05, 4.69) is 15.6 Å². The van der Waals surface area contributed by atoms with E-state index in [1.807, 2.05) is 6.07 Å². The normalized spacial score (nSPS) is 21.8. The van der Waals surface area contributed by atoms with Crippen molar-refractivity contribution in [2.75, 3.05) is 13.7 Å². The lowest BCUT2D eigenvalue weighted by atomic mass is 9.91. The largest absolute Gasteiger partial charge is 0.503 e. The third-order valence-electron chi connectivity index (χ3n) is 5.79. The van der Waals surface area contributed by atoms with Gasteiger partial charge in [0.15, 0.2) is 29.3 Å². The molecule has 2 aromatic rings. The van der Waals surface area contributed by atoms with Crippen molar-refractivity contribution < 1.29 is 43.2 Å². The molecule has 1 fully saturated rings. The van der Waals surface area contributed by atoms with E-state index in [1.165, 1.54) is 26.3 Å². The number of aromatic nitrogens is 1. The maximum Gasteiger partial charge on any atom is 0.407 e. The lowest BCUT2D eigenvalue weighted by molar-refractivity contribution is -0.159. The number of esters is 2. The fourth-order valence-corrected chi connectivity index (χ4v) is 3.93. The quantitative estimate of drug-likeness (QED) is 0.363. The Bertz CT molecular complexity index is 1200. The minimum Gasteiger partial charge on any atom is -0.503 e. The maximum absolute atomic E-state index is 13.3. The number of hydrogen-bond donors (Lipinski definition) is 3. The van der Waals surface area contributed by atoms with Gasteiger partial charge in [0, 0.05) is 17.8 Å². The number of carbonyl (C=O) groups excluding carboxylic acids is 4. The van der Waals surface area contributed by atoms with Gasteiger partial charge in [-0.05, 0) is 39.7 Å². The third kappa shape index (κ3) is 7.82. The predicted molar refractivity (Wildman–Crippen MR) is 137 cm³/mol. The molecular formula is C27H33N3O9. The number of benzene rings is 1. The maximum atomic E-state index is 13.3. The van der Waals surface area contributed by atoms with Crippen LogP contribution >= 0.6 is 0 Å². The molecule has 2 heterocycles. The first kappa shape index (κ1) is 29.2. The molecule has 0 saturated carbocycles. The molecular weight excluding hydrogens is 510 g/mol. The van der Waals surface area contributed by atoms with Crippen molar-refractivity contribution in [2.45, 2.75) is 57.9 Å². The molecule has 1 aliphatic rings. The van der Waals surface area contributed by atoms with Crippen molar-refractivity contribution in [2.24, 2.45) is 5.92 Å². The zero-order valence-corrected chi connectivity index (χ0v) is 22.4. The van der Waals surface area contributed by atoms with E-state index in [9.17, 15) is 24.3 Å². The number of carbonyl (C=O) groups is 4. The van der Waals surface area contributed by atoms with Crippen LogP contribution in [0.3, 0.4) is 0 Å². The van der Waals surface area contributed by atoms with Crippen molar-refractivity contribution in [3.63, 3.8) is 0 Å². The molecule has 12 nitrogen and oxygen atoms in total. The van der Waals surface area contributed by atoms with Crippen molar-refractivity contribution in [1.82, 2.24) is 15.6 Å². The van der Waals surface area contributed by atoms with Gasteiger partial charge >= 0.3 is 18.0 Å². The highest BCUT2D eigenvalue weighted by Crippen LogP contribution is 2.28. The van der Waals surface area contributed by atoms with E-state index in [1.54, 1.807) is 45.0 Å². The Hall–Kier alpha value is -4.35. The number of alkyl carbamates (subject to hydrolysis) is 1. The highest BCUT2D eigenvalue weighted by atomic mass is 16.6. The second kappa shape index (κ2) is 12.5. The van der Waals surface area contributed by atoms with Crippen molar-refractivity contribution in [1.29, 1.82) is 0 Å². The molecule has 4 atom stereocenters. The number of methoxy groups -OCH3 is 1. The van der Waals surface area contributed by atoms with Gasteiger partial charge in [0.25, 0.3) is 5.91 Å². The molecule has 12 heteroatoms. The van der Waals surface area contributed by atoms with Gasteiger partial charge in [0.1, 0.15) is 18.6 Å². The Morgan fingerprint density at radius 3 is 2.46 bits per heavy atom. The zero-order valence-electron chi connectivity index (χ0n) is 22.4. The van der Waals surface area contributed by atoms with Crippen LogP contribution in [0.25, 0.3) is 0 Å². The molecule has 0 spiro atoms. The van der Waals surface area contributed by atoms with Gasteiger partial charge in [-0.1, -0.05) is 30.3 Å². The fraction of sp³-hybridized carbons (Fsp3) is 0.444. The van der Waals surface area contributed by atoms with E-state index < -0.39 is 71.7 Å². The van der Waals surface area contributed by atoms with Crippen LogP contribution < -0.4 is 15.4 Å². The summed E-state index contributed by atoms with van der Waals surface area (Å²) in [7, 11) is 1.30. The number of amides is 2. The third-order valence-corrected chi connectivity index (χ3v) is 5.79. The topological polar surface area (TPSA) is 162 Å². The fourth-order valence-electron chi connectivity index (χ4n) is 3.93. The summed E-state index contributed by atoms with van der Waals surface area (Å²) in [6, 6.07) is 8.95. The minimum atomic E-state index is -1.43. The number of nitrogens with zero attached hydrogens (tertiary/aromatic N) is 1. The highest BCUT2D eigenvalue weighted by Gasteiger charge is 2.42. The highest BCUT2D eigenvalue weighted by molar-refractivity contribution is 5.98. The molecule has 0 aliphatic carbocycles. The average molecular weight is 544 g/mol. The second-order valence-electron chi connectivity index (χ2n) is 10.0. The molecule has 1 aromatic heterocycles. The summed E-state index contributed by atoms with van der Waals surface area (Å²) in [5.41, 5.74) is -0.255. The Kier molecular flexibility index (Phi) is 9.33. The zero-order chi connectivity index (χ0) is 28.7. The Balaban J connectivity index is 1.87. The van der Waals surface area contributed by atoms with E-state index in [0.717, 1.165) is 5.56 Å². The van der Waals surface area contributed by atoms with E-state index >= 15 is 0 Å². The lowest BCUT2D eigenvalue weighted by Gasteiger charge is -2.30. The van der Waals surface area contributed by atoms with Crippen LogP contribution in [0, 0.1) is 5.92 Å². The number of aromatic hydroxyl groups is 1. The van der Waals surface area contributed by atoms with Gasteiger partial charge in [-0.15, -0.1) is 0 Å². The number of hydrogen-bond acceptors (Lipinski definition) is 10. The van der Waals surface area contributed by atoms with Gasteiger partial charge in [0.05, 0.1) is 7.11 Å². The molecule has 3 N–H and O–H groups in total. The summed E-state index contributed by atoms with van der Waals surface area (Å²) in [5.74, 6) is -4.16. The van der Waals surface area contributed by atoms with E-state index in [-0.39, 0.29) is 12.2 Å². The summed E-state index contributed by atoms with van der Waals surface area (Å²) >= 11 is 0. The molecule has 210 valence electrons. The van der Waals surface area contributed by atoms with Gasteiger partial charge < -0.3 is 34.7 Å². The van der Waals surface area contributed by atoms with Crippen LogP contribution in [0.15, 0.2) is 42.6 Å². The second-order valence-corrected chi connectivity index (χ2v) is 10.0. The van der Waals surface area contributed by atoms with Crippen molar-refractivity contribution >= 4 is 23.9 Å². The summed E-state index contributed by atoms with van der Waals surface area (Å²) in [6.45, 7) is 6.21. The molecule has 0 radical (unpaired) electrons. The number of cyclic esters (lactones) is 2. The minimum absolute atomic E-state index is 0.00419. The molecule has 0 bridgehead atoms. The van der Waals surface area contributed by atoms with Crippen LogP contribution in [0.1, 0.15) is 43.7 Å². The summed E-state index contributed by atoms with van der Waals surface area (Å²) in [6.07, 6.45) is -1.72. The summed E-state index contributed by atoms with van der Waals surface area (Å²) < 4.78 is 21.6. The first-order valence-electron chi connectivity index (χ1n) is 12.3. The van der Waals surface area contributed by atoms with Gasteiger partial charge in [0.2, 0.25) is 0 Å². The molecule has 2 amide bonds. The van der Waals surface area contributed by atoms with Crippen LogP contribution in [0.5, 0.6) is 11.5 Å². The summed E-state index contributed by atoms with van der Waals surface area (Å²) in [4.78, 5) is 55.7. The monoisotopic (exact) mass is 543 g/mol. The number of pyridine rings is 1. The molecule has 1 saturated heterocycles. The van der Waals surface area contributed by atoms with Crippen LogP contribution in [0.4, 0.5) is 4.79 Å². The van der Waals surface area contributed by atoms with E-state index in [4.69, 9.17) is 18.9 Å². The van der Waals surface area contributed by atoms with Crippen LogP contribution in [-0.2, 0) is 30.2 Å². The van der Waals surface area contributed by atoms with Crippen LogP contribution in [-0.4, -0.2) is 71.5 Å². The van der Waals surface area contributed by atoms with Crippen LogP contribution in [0.2, 0.25) is 0 Å². The lowest BCUT2D eigenvalue weighted by Crippen LogP contribution is -2.49. The van der Waals surface area contributed by atoms with Crippen molar-refractivity contribution in [3.05, 3.63) is 53.9 Å². The Labute approximate surface area is 226 Å². The molecule has 3 rings (SSSR count). The smallest absolute Gasteiger partial charge is 0.407 e. The standard InChI is InChI=1S/C27H33N3O9/c1-15-22(39-26(35)30-27(2,3)4)17(13-16-9-7-6-8-10-16)24(33)37-14-18(25(34)38-15)29-23(32)20-21(31)19(36-5)11-12-28-20/h6-12,15,17-18,22,31H,13-14H2,1-5H3,(H,29,32)(H,30,35)/t15-,17+,18-,22-/m0/s1. The Morgan fingerprint density at radius 2 is 1.82 bits per heavy atom. The molecule has 1 aliphatic heterocycles. The van der Waals surface area contributed by atoms with Gasteiger partial charge in [-0.3, -0.25) is 9.59 Å². The average Bonchev–Trinajstić information content (AvgIpc) is 2.90. The number of nitrogens with one attached hydrogen (secondary N) is 2. The Morgan fingerprint density at radius 1 is 1.13 bits per heavy atom. The molecule has 39 heavy (non-hydrogen) atoms. The van der Waals surface area contributed by atoms with Crippen molar-refractivity contribution in [3.8, 4) is 11.5 Å². The summed E-state index contributed by atoms with van der Waals surface area (Å²) in [5, 5.41) is 15.3. The van der Waals surface area contributed by atoms with Gasteiger partial charge in [-0.25, -0.2) is 14.6 Å². The number of ether oxygens (including phenoxy) is 4. The molecule has 0 unspecified atom stereocenters. The van der Waals surface area contributed by atoms with E-state index in [0.29, 0.717) is 0 Å². The molecule has 1 aromatic carbocycles. The number of rotatable bonds is 6. The van der Waals surface area contributed by atoms with Gasteiger partial charge in [-0.2, -0.15) is 0 Å². The first-order chi connectivity index (χ1) is 18.4.